The molecule has 0 amide bonds. The third-order valence-corrected chi connectivity index (χ3v) is 3.82. The van der Waals surface area contributed by atoms with Gasteiger partial charge in [0.25, 0.3) is 0 Å². The van der Waals surface area contributed by atoms with Crippen LogP contribution in [0.1, 0.15) is 25.8 Å². The van der Waals surface area contributed by atoms with Gasteiger partial charge in [-0.25, -0.2) is 0 Å². The van der Waals surface area contributed by atoms with E-state index in [1.807, 2.05) is 6.07 Å². The fraction of sp³-hybridized carbons (Fsp3) is 0.600. The molecule has 1 aromatic rings. The molecule has 0 unspecified atom stereocenters. The van der Waals surface area contributed by atoms with Crippen LogP contribution in [0.5, 0.6) is 11.5 Å². The van der Waals surface area contributed by atoms with E-state index < -0.39 is 0 Å². The van der Waals surface area contributed by atoms with Crippen molar-refractivity contribution in [2.75, 3.05) is 26.8 Å². The van der Waals surface area contributed by atoms with Gasteiger partial charge in [0.15, 0.2) is 11.5 Å². The van der Waals surface area contributed by atoms with Crippen molar-refractivity contribution < 1.29 is 9.47 Å². The third kappa shape index (κ3) is 3.39. The Labute approximate surface area is 115 Å². The first-order valence-corrected chi connectivity index (χ1v) is 6.83. The second-order valence-electron chi connectivity index (χ2n) is 5.69. The van der Waals surface area contributed by atoms with E-state index in [0.29, 0.717) is 19.8 Å². The maximum atomic E-state index is 5.67. The highest BCUT2D eigenvalue weighted by Gasteiger charge is 2.23. The molecule has 4 nitrogen and oxygen atoms in total. The van der Waals surface area contributed by atoms with Crippen LogP contribution in [0.2, 0.25) is 0 Å². The van der Waals surface area contributed by atoms with Gasteiger partial charge in [-0.1, -0.05) is 6.07 Å². The first-order valence-electron chi connectivity index (χ1n) is 6.83. The SMILES string of the molecule is CN(Cc1ccc2c(c1)OCCO2)C(C)(C)CCN. The molecule has 0 atom stereocenters. The second kappa shape index (κ2) is 5.80. The smallest absolute Gasteiger partial charge is 0.161 e. The lowest BCUT2D eigenvalue weighted by Crippen LogP contribution is -2.42. The maximum absolute atomic E-state index is 5.67. The summed E-state index contributed by atoms with van der Waals surface area (Å²) in [5, 5.41) is 0. The Kier molecular flexibility index (Phi) is 4.32. The number of nitrogens with zero attached hydrogens (tertiary/aromatic N) is 1. The lowest BCUT2D eigenvalue weighted by atomic mass is 9.98. The van der Waals surface area contributed by atoms with Crippen LogP contribution in [-0.4, -0.2) is 37.2 Å². The Morgan fingerprint density at radius 1 is 1.21 bits per heavy atom. The standard InChI is InChI=1S/C15H24N2O2/c1-15(2,6-7-16)17(3)11-12-4-5-13-14(10-12)19-9-8-18-13/h4-5,10H,6-9,11,16H2,1-3H3. The van der Waals surface area contributed by atoms with E-state index in [0.717, 1.165) is 24.5 Å². The second-order valence-corrected chi connectivity index (χ2v) is 5.69. The topological polar surface area (TPSA) is 47.7 Å². The van der Waals surface area contributed by atoms with Gasteiger partial charge in [0.2, 0.25) is 0 Å². The third-order valence-electron chi connectivity index (χ3n) is 3.82. The van der Waals surface area contributed by atoms with Crippen LogP contribution >= 0.6 is 0 Å². The molecule has 0 saturated carbocycles. The van der Waals surface area contributed by atoms with E-state index >= 15 is 0 Å². The molecule has 0 radical (unpaired) electrons. The van der Waals surface area contributed by atoms with E-state index in [4.69, 9.17) is 15.2 Å². The van der Waals surface area contributed by atoms with Crippen LogP contribution in [0.4, 0.5) is 0 Å². The highest BCUT2D eigenvalue weighted by molar-refractivity contribution is 5.43. The Morgan fingerprint density at radius 2 is 1.89 bits per heavy atom. The lowest BCUT2D eigenvalue weighted by molar-refractivity contribution is 0.139. The number of rotatable bonds is 5. The Hall–Kier alpha value is -1.26. The molecular weight excluding hydrogens is 240 g/mol. The number of benzene rings is 1. The summed E-state index contributed by atoms with van der Waals surface area (Å²) in [6.07, 6.45) is 0.980. The van der Waals surface area contributed by atoms with Crippen LogP contribution < -0.4 is 15.2 Å². The Bertz CT molecular complexity index is 432. The fourth-order valence-electron chi connectivity index (χ4n) is 2.22. The van der Waals surface area contributed by atoms with Crippen molar-refractivity contribution in [3.05, 3.63) is 23.8 Å². The maximum Gasteiger partial charge on any atom is 0.161 e. The van der Waals surface area contributed by atoms with Crippen LogP contribution in [0.15, 0.2) is 18.2 Å². The summed E-state index contributed by atoms with van der Waals surface area (Å²) in [6.45, 7) is 7.29. The first kappa shape index (κ1) is 14.2. The van der Waals surface area contributed by atoms with Crippen LogP contribution in [0.3, 0.4) is 0 Å². The first-order chi connectivity index (χ1) is 9.03. The summed E-state index contributed by atoms with van der Waals surface area (Å²) >= 11 is 0. The van der Waals surface area contributed by atoms with Crippen LogP contribution in [0, 0.1) is 0 Å². The summed E-state index contributed by atoms with van der Waals surface area (Å²) in [4.78, 5) is 2.32. The van der Waals surface area contributed by atoms with E-state index in [9.17, 15) is 0 Å². The van der Waals surface area contributed by atoms with Gasteiger partial charge in [-0.3, -0.25) is 4.90 Å². The number of nitrogens with two attached hydrogens (primary N) is 1. The zero-order valence-corrected chi connectivity index (χ0v) is 12.1. The quantitative estimate of drug-likeness (QED) is 0.884. The minimum atomic E-state index is 0.0992. The average molecular weight is 264 g/mol. The largest absolute Gasteiger partial charge is 0.486 e. The van der Waals surface area contributed by atoms with Crippen molar-refractivity contribution in [2.24, 2.45) is 5.73 Å². The van der Waals surface area contributed by atoms with Crippen LogP contribution in [-0.2, 0) is 6.54 Å². The highest BCUT2D eigenvalue weighted by atomic mass is 16.6. The Morgan fingerprint density at radius 3 is 2.58 bits per heavy atom. The molecule has 19 heavy (non-hydrogen) atoms. The van der Waals surface area contributed by atoms with Gasteiger partial charge >= 0.3 is 0 Å². The molecule has 2 rings (SSSR count). The van der Waals surface area contributed by atoms with Gasteiger partial charge < -0.3 is 15.2 Å². The van der Waals surface area contributed by atoms with Crippen molar-refractivity contribution in [1.82, 2.24) is 4.90 Å². The van der Waals surface area contributed by atoms with Crippen molar-refractivity contribution in [1.29, 1.82) is 0 Å². The van der Waals surface area contributed by atoms with Gasteiger partial charge in [-0.05, 0) is 51.6 Å². The molecule has 0 aliphatic carbocycles. The molecule has 0 fully saturated rings. The van der Waals surface area contributed by atoms with Crippen molar-refractivity contribution >= 4 is 0 Å². The molecule has 0 aromatic heterocycles. The predicted octanol–water partition coefficient (Wildman–Crippen LogP) is 2.02. The van der Waals surface area contributed by atoms with Crippen molar-refractivity contribution in [3.8, 4) is 11.5 Å². The van der Waals surface area contributed by atoms with E-state index in [2.05, 4.69) is 37.9 Å². The zero-order valence-electron chi connectivity index (χ0n) is 12.1. The highest BCUT2D eigenvalue weighted by Crippen LogP contribution is 2.31. The minimum Gasteiger partial charge on any atom is -0.486 e. The van der Waals surface area contributed by atoms with Crippen LogP contribution in [0.25, 0.3) is 0 Å². The molecule has 0 saturated heterocycles. The molecule has 1 aliphatic heterocycles. The normalized spacial score (nSPS) is 14.8. The van der Waals surface area contributed by atoms with E-state index in [1.165, 1.54) is 5.56 Å². The zero-order chi connectivity index (χ0) is 13.9. The van der Waals surface area contributed by atoms with E-state index in [-0.39, 0.29) is 5.54 Å². The van der Waals surface area contributed by atoms with Gasteiger partial charge in [0, 0.05) is 12.1 Å². The van der Waals surface area contributed by atoms with Crippen molar-refractivity contribution in [2.45, 2.75) is 32.4 Å². The Balaban J connectivity index is 2.07. The molecule has 0 spiro atoms. The van der Waals surface area contributed by atoms with Crippen molar-refractivity contribution in [3.63, 3.8) is 0 Å². The molecule has 106 valence electrons. The molecule has 1 aliphatic rings. The number of ether oxygens (including phenoxy) is 2. The average Bonchev–Trinajstić information content (AvgIpc) is 2.38. The molecular formula is C15H24N2O2. The number of hydrogen-bond donors (Lipinski definition) is 1. The van der Waals surface area contributed by atoms with E-state index in [1.54, 1.807) is 0 Å². The monoisotopic (exact) mass is 264 g/mol. The molecule has 1 heterocycles. The predicted molar refractivity (Wildman–Crippen MR) is 76.6 cm³/mol. The number of hydrogen-bond acceptors (Lipinski definition) is 4. The number of fused-ring (bicyclic) bond motifs is 1. The van der Waals surface area contributed by atoms with Gasteiger partial charge in [0.1, 0.15) is 13.2 Å². The lowest BCUT2D eigenvalue weighted by Gasteiger charge is -2.35. The molecule has 1 aromatic carbocycles. The molecule has 4 heteroatoms. The van der Waals surface area contributed by atoms with Gasteiger partial charge in [-0.15, -0.1) is 0 Å². The molecule has 0 bridgehead atoms. The molecule has 2 N–H and O–H groups in total. The minimum absolute atomic E-state index is 0.0992. The van der Waals surface area contributed by atoms with Gasteiger partial charge in [-0.2, -0.15) is 0 Å². The summed E-state index contributed by atoms with van der Waals surface area (Å²) in [5.41, 5.74) is 7.01. The van der Waals surface area contributed by atoms with Gasteiger partial charge in [0.05, 0.1) is 0 Å². The summed E-state index contributed by atoms with van der Waals surface area (Å²) in [6, 6.07) is 6.17. The fourth-order valence-corrected chi connectivity index (χ4v) is 2.22. The summed E-state index contributed by atoms with van der Waals surface area (Å²) in [5.74, 6) is 1.70. The summed E-state index contributed by atoms with van der Waals surface area (Å²) in [7, 11) is 2.13. The summed E-state index contributed by atoms with van der Waals surface area (Å²) < 4.78 is 11.1.